The van der Waals surface area contributed by atoms with Gasteiger partial charge in [0, 0.05) is 11.9 Å². The lowest BCUT2D eigenvalue weighted by atomic mass is 9.95. The first-order valence-corrected chi connectivity index (χ1v) is 6.62. The Morgan fingerprint density at radius 2 is 2.20 bits per heavy atom. The quantitative estimate of drug-likeness (QED) is 0.748. The van der Waals surface area contributed by atoms with Crippen LogP contribution in [0.2, 0.25) is 0 Å². The summed E-state index contributed by atoms with van der Waals surface area (Å²) in [5.41, 5.74) is 2.43. The highest BCUT2D eigenvalue weighted by molar-refractivity contribution is 5.94. The van der Waals surface area contributed by atoms with Crippen molar-refractivity contribution in [2.45, 2.75) is 32.2 Å². The molecule has 0 bridgehead atoms. The van der Waals surface area contributed by atoms with Gasteiger partial charge in [-0.05, 0) is 37.3 Å². The van der Waals surface area contributed by atoms with Crippen molar-refractivity contribution in [3.63, 3.8) is 0 Å². The van der Waals surface area contributed by atoms with E-state index >= 15 is 0 Å². The molecule has 3 N–H and O–H groups in total. The molecule has 0 saturated carbocycles. The molecule has 2 aromatic heterocycles. The lowest BCUT2D eigenvalue weighted by Gasteiger charge is -2.15. The fourth-order valence-electron chi connectivity index (χ4n) is 2.37. The molecule has 0 atom stereocenters. The van der Waals surface area contributed by atoms with Gasteiger partial charge in [-0.25, -0.2) is 9.89 Å². The summed E-state index contributed by atoms with van der Waals surface area (Å²) in [6.45, 7) is 0.175. The van der Waals surface area contributed by atoms with Crippen molar-refractivity contribution in [1.82, 2.24) is 25.5 Å². The number of nitrogens with zero attached hydrogens (tertiary/aromatic N) is 2. The van der Waals surface area contributed by atoms with Gasteiger partial charge < -0.3 is 5.32 Å². The molecule has 104 valence electrons. The van der Waals surface area contributed by atoms with Gasteiger partial charge in [0.25, 0.3) is 5.91 Å². The number of amides is 1. The Hall–Kier alpha value is -2.44. The summed E-state index contributed by atoms with van der Waals surface area (Å²) < 4.78 is 0. The average Bonchev–Trinajstić information content (AvgIpc) is 2.90. The normalized spacial score (nSPS) is 13.8. The van der Waals surface area contributed by atoms with E-state index in [4.69, 9.17) is 0 Å². The Labute approximate surface area is 114 Å². The third-order valence-corrected chi connectivity index (χ3v) is 3.40. The van der Waals surface area contributed by atoms with Crippen LogP contribution in [0.4, 0.5) is 0 Å². The number of hydrogen-bond acceptors (Lipinski definition) is 4. The largest absolute Gasteiger partial charge is 0.345 e. The first kappa shape index (κ1) is 12.6. The van der Waals surface area contributed by atoms with Crippen molar-refractivity contribution in [3.8, 4) is 0 Å². The molecule has 1 aliphatic carbocycles. The van der Waals surface area contributed by atoms with Crippen LogP contribution in [0, 0.1) is 0 Å². The van der Waals surface area contributed by atoms with E-state index in [9.17, 15) is 9.59 Å². The van der Waals surface area contributed by atoms with Crippen LogP contribution in [0.5, 0.6) is 0 Å². The molecule has 1 amide bonds. The molecule has 1 aliphatic rings. The van der Waals surface area contributed by atoms with E-state index in [-0.39, 0.29) is 18.1 Å². The number of aromatic amines is 2. The van der Waals surface area contributed by atoms with Crippen molar-refractivity contribution >= 4 is 5.91 Å². The smallest absolute Gasteiger partial charge is 0.340 e. The van der Waals surface area contributed by atoms with E-state index in [1.165, 1.54) is 0 Å². The monoisotopic (exact) mass is 273 g/mol. The molecule has 0 aromatic carbocycles. The zero-order chi connectivity index (χ0) is 13.9. The van der Waals surface area contributed by atoms with E-state index in [2.05, 4.69) is 25.5 Å². The second-order valence-corrected chi connectivity index (χ2v) is 4.84. The number of pyridine rings is 1. The maximum atomic E-state index is 12.0. The summed E-state index contributed by atoms with van der Waals surface area (Å²) >= 11 is 0. The number of rotatable bonds is 3. The Kier molecular flexibility index (Phi) is 3.32. The predicted octanol–water partition coefficient (Wildman–Crippen LogP) is 0.302. The van der Waals surface area contributed by atoms with Gasteiger partial charge in [0.2, 0.25) is 0 Å². The van der Waals surface area contributed by atoms with E-state index in [1.807, 2.05) is 6.07 Å². The molecule has 0 fully saturated rings. The van der Waals surface area contributed by atoms with Gasteiger partial charge in [-0.3, -0.25) is 14.8 Å². The summed E-state index contributed by atoms with van der Waals surface area (Å²) in [7, 11) is 0. The summed E-state index contributed by atoms with van der Waals surface area (Å²) in [6, 6.07) is 1.91. The van der Waals surface area contributed by atoms with Gasteiger partial charge in [0.1, 0.15) is 5.82 Å². The van der Waals surface area contributed by atoms with Crippen LogP contribution in [0.3, 0.4) is 0 Å². The Morgan fingerprint density at radius 1 is 1.35 bits per heavy atom. The molecular formula is C13H15N5O2. The third kappa shape index (κ3) is 2.61. The number of nitrogens with one attached hydrogen (secondary N) is 3. The molecule has 3 rings (SSSR count). The Bertz CT molecular complexity index is 688. The molecular weight excluding hydrogens is 258 g/mol. The minimum absolute atomic E-state index is 0.175. The summed E-state index contributed by atoms with van der Waals surface area (Å²) in [5.74, 6) is 0.184. The number of fused-ring (bicyclic) bond motifs is 1. The van der Waals surface area contributed by atoms with Gasteiger partial charge >= 0.3 is 5.69 Å². The average molecular weight is 273 g/mol. The summed E-state index contributed by atoms with van der Waals surface area (Å²) in [5, 5.41) is 8.68. The minimum atomic E-state index is -0.385. The lowest BCUT2D eigenvalue weighted by Crippen LogP contribution is -2.24. The van der Waals surface area contributed by atoms with Gasteiger partial charge in [-0.2, -0.15) is 5.10 Å². The van der Waals surface area contributed by atoms with Crippen molar-refractivity contribution < 1.29 is 4.79 Å². The second-order valence-electron chi connectivity index (χ2n) is 4.84. The van der Waals surface area contributed by atoms with Crippen LogP contribution < -0.4 is 11.0 Å². The van der Waals surface area contributed by atoms with Gasteiger partial charge in [-0.15, -0.1) is 0 Å². The number of carbonyl (C=O) groups is 1. The molecule has 0 aliphatic heterocycles. The molecule has 0 unspecified atom stereocenters. The van der Waals surface area contributed by atoms with E-state index in [1.54, 1.807) is 6.20 Å². The zero-order valence-corrected chi connectivity index (χ0v) is 10.9. The van der Waals surface area contributed by atoms with Crippen LogP contribution in [0.15, 0.2) is 17.1 Å². The third-order valence-electron chi connectivity index (χ3n) is 3.40. The first-order valence-electron chi connectivity index (χ1n) is 6.62. The van der Waals surface area contributed by atoms with E-state index < -0.39 is 0 Å². The van der Waals surface area contributed by atoms with Crippen LogP contribution in [-0.4, -0.2) is 26.1 Å². The molecule has 0 radical (unpaired) electrons. The summed E-state index contributed by atoms with van der Waals surface area (Å²) in [6.07, 6.45) is 5.89. The molecule has 7 nitrogen and oxygen atoms in total. The van der Waals surface area contributed by atoms with Gasteiger partial charge in [-0.1, -0.05) is 0 Å². The van der Waals surface area contributed by atoms with Crippen molar-refractivity contribution in [1.29, 1.82) is 0 Å². The zero-order valence-electron chi connectivity index (χ0n) is 10.9. The standard InChI is InChI=1S/C13H15N5O2/c19-12(15-7-11-16-13(20)18-17-11)9-5-8-3-1-2-4-10(8)14-6-9/h5-6H,1-4,7H2,(H,15,19)(H2,16,17,18,20). The molecule has 7 heteroatoms. The first-order chi connectivity index (χ1) is 9.72. The van der Waals surface area contributed by atoms with Crippen LogP contribution in [0.25, 0.3) is 0 Å². The molecule has 0 spiro atoms. The Balaban J connectivity index is 1.69. The van der Waals surface area contributed by atoms with Gasteiger partial charge in [0.05, 0.1) is 12.1 Å². The molecule has 2 heterocycles. The van der Waals surface area contributed by atoms with Crippen molar-refractivity contribution in [2.24, 2.45) is 0 Å². The minimum Gasteiger partial charge on any atom is -0.345 e. The number of H-pyrrole nitrogens is 2. The number of carbonyl (C=O) groups excluding carboxylic acids is 1. The Morgan fingerprint density at radius 3 is 3.00 bits per heavy atom. The number of aryl methyl sites for hydroxylation is 2. The SMILES string of the molecule is O=C(NCc1n[nH]c(=O)[nH]1)c1cnc2c(c1)CCCC2. The van der Waals surface area contributed by atoms with Crippen LogP contribution in [0.1, 0.15) is 40.3 Å². The highest BCUT2D eigenvalue weighted by atomic mass is 16.2. The summed E-state index contributed by atoms with van der Waals surface area (Å²) in [4.78, 5) is 29.7. The maximum Gasteiger partial charge on any atom is 0.340 e. The van der Waals surface area contributed by atoms with Crippen molar-refractivity contribution in [2.75, 3.05) is 0 Å². The maximum absolute atomic E-state index is 12.0. The topological polar surface area (TPSA) is 104 Å². The van der Waals surface area contributed by atoms with Crippen molar-refractivity contribution in [3.05, 3.63) is 45.4 Å². The van der Waals surface area contributed by atoms with Crippen LogP contribution >= 0.6 is 0 Å². The highest BCUT2D eigenvalue weighted by Gasteiger charge is 2.14. The van der Waals surface area contributed by atoms with E-state index in [0.717, 1.165) is 36.9 Å². The lowest BCUT2D eigenvalue weighted by molar-refractivity contribution is 0.0949. The second kappa shape index (κ2) is 5.28. The fraction of sp³-hybridized carbons (Fsp3) is 0.385. The molecule has 0 saturated heterocycles. The predicted molar refractivity (Wildman–Crippen MR) is 71.3 cm³/mol. The molecule has 2 aromatic rings. The van der Waals surface area contributed by atoms with Crippen LogP contribution in [-0.2, 0) is 19.4 Å². The highest BCUT2D eigenvalue weighted by Crippen LogP contribution is 2.19. The number of hydrogen-bond donors (Lipinski definition) is 3. The fourth-order valence-corrected chi connectivity index (χ4v) is 2.37. The molecule has 20 heavy (non-hydrogen) atoms. The number of aromatic nitrogens is 4. The van der Waals surface area contributed by atoms with Gasteiger partial charge in [0.15, 0.2) is 0 Å². The van der Waals surface area contributed by atoms with E-state index in [0.29, 0.717) is 11.4 Å².